The van der Waals surface area contributed by atoms with Crippen molar-refractivity contribution in [2.45, 2.75) is 32.9 Å². The van der Waals surface area contributed by atoms with Crippen LogP contribution in [-0.4, -0.2) is 79.8 Å². The minimum atomic E-state index is -0.0499. The highest BCUT2D eigenvalue weighted by molar-refractivity contribution is 5.76. The summed E-state index contributed by atoms with van der Waals surface area (Å²) in [6, 6.07) is 0.191. The van der Waals surface area contributed by atoms with Crippen molar-refractivity contribution in [2.24, 2.45) is 5.92 Å². The number of aliphatic hydroxyl groups is 1. The van der Waals surface area contributed by atoms with Gasteiger partial charge in [-0.1, -0.05) is 18.9 Å². The number of nitrogens with two attached hydrogens (primary N) is 1. The van der Waals surface area contributed by atoms with Gasteiger partial charge >= 0.3 is 0 Å². The topological polar surface area (TPSA) is 113 Å². The van der Waals surface area contributed by atoms with Gasteiger partial charge in [-0.15, -0.1) is 0 Å². The molecule has 2 rings (SSSR count). The molecule has 1 aliphatic heterocycles. The van der Waals surface area contributed by atoms with Crippen molar-refractivity contribution in [2.75, 3.05) is 38.5 Å². The van der Waals surface area contributed by atoms with E-state index in [9.17, 15) is 9.90 Å². The van der Waals surface area contributed by atoms with Crippen LogP contribution < -0.4 is 5.73 Å². The highest BCUT2D eigenvalue weighted by Gasteiger charge is 2.29. The molecule has 124 valence electrons. The van der Waals surface area contributed by atoms with Crippen LogP contribution in [0.2, 0.25) is 0 Å². The Bertz CT molecular complexity index is 490. The van der Waals surface area contributed by atoms with Crippen LogP contribution in [0.3, 0.4) is 0 Å². The number of hydrogen-bond acceptors (Lipinski definition) is 7. The lowest BCUT2D eigenvalue weighted by atomic mass is 10.1. The highest BCUT2D eigenvalue weighted by atomic mass is 16.3. The Hall–Kier alpha value is -1.74. The summed E-state index contributed by atoms with van der Waals surface area (Å²) in [5.74, 6) is 0.648. The van der Waals surface area contributed by atoms with Crippen molar-refractivity contribution in [3.63, 3.8) is 0 Å². The second-order valence-corrected chi connectivity index (χ2v) is 6.09. The summed E-state index contributed by atoms with van der Waals surface area (Å²) < 4.78 is 1.30. The molecule has 0 bridgehead atoms. The lowest BCUT2D eigenvalue weighted by molar-refractivity contribution is -0.135. The Labute approximate surface area is 130 Å². The van der Waals surface area contributed by atoms with E-state index in [1.54, 1.807) is 4.90 Å². The molecule has 0 spiro atoms. The molecule has 1 saturated heterocycles. The monoisotopic (exact) mass is 311 g/mol. The minimum absolute atomic E-state index is 0.0499. The fourth-order valence-electron chi connectivity index (χ4n) is 2.80. The van der Waals surface area contributed by atoms with Gasteiger partial charge < -0.3 is 15.7 Å². The molecule has 1 aromatic rings. The average molecular weight is 311 g/mol. The Morgan fingerprint density at radius 2 is 2.23 bits per heavy atom. The Kier molecular flexibility index (Phi) is 5.67. The molecule has 0 saturated carbocycles. The normalized spacial score (nSPS) is 19.8. The Morgan fingerprint density at radius 3 is 2.82 bits per heavy atom. The number of tetrazole rings is 1. The van der Waals surface area contributed by atoms with Crippen molar-refractivity contribution in [3.8, 4) is 0 Å². The van der Waals surface area contributed by atoms with Gasteiger partial charge in [0, 0.05) is 38.8 Å². The number of rotatable bonds is 6. The summed E-state index contributed by atoms with van der Waals surface area (Å²) in [7, 11) is 0. The van der Waals surface area contributed by atoms with Gasteiger partial charge in [-0.05, 0) is 22.8 Å². The summed E-state index contributed by atoms with van der Waals surface area (Å²) >= 11 is 0. The number of piperazine rings is 1. The molecule has 1 amide bonds. The number of amides is 1. The zero-order valence-corrected chi connectivity index (χ0v) is 13.2. The molecule has 2 heterocycles. The predicted octanol–water partition coefficient (Wildman–Crippen LogP) is -1.19. The second-order valence-electron chi connectivity index (χ2n) is 6.09. The van der Waals surface area contributed by atoms with Crippen LogP contribution in [-0.2, 0) is 11.3 Å². The summed E-state index contributed by atoms with van der Waals surface area (Å²) in [5.41, 5.74) is 5.59. The summed E-state index contributed by atoms with van der Waals surface area (Å²) in [4.78, 5) is 16.5. The minimum Gasteiger partial charge on any atom is -0.396 e. The van der Waals surface area contributed by atoms with Crippen LogP contribution in [0.1, 0.15) is 20.3 Å². The van der Waals surface area contributed by atoms with E-state index < -0.39 is 0 Å². The third-order valence-electron chi connectivity index (χ3n) is 3.86. The molecule has 1 atom stereocenters. The van der Waals surface area contributed by atoms with Gasteiger partial charge in [-0.3, -0.25) is 9.69 Å². The second kappa shape index (κ2) is 7.50. The van der Waals surface area contributed by atoms with Crippen molar-refractivity contribution in [1.29, 1.82) is 0 Å². The average Bonchev–Trinajstić information content (AvgIpc) is 2.86. The maximum absolute atomic E-state index is 12.4. The van der Waals surface area contributed by atoms with E-state index in [0.29, 0.717) is 25.4 Å². The van der Waals surface area contributed by atoms with Crippen LogP contribution >= 0.6 is 0 Å². The maximum atomic E-state index is 12.4. The zero-order valence-electron chi connectivity index (χ0n) is 13.2. The molecule has 0 aromatic carbocycles. The van der Waals surface area contributed by atoms with Crippen LogP contribution in [0, 0.1) is 5.92 Å². The fraction of sp³-hybridized carbons (Fsp3) is 0.846. The molecule has 3 N–H and O–H groups in total. The highest BCUT2D eigenvalue weighted by Crippen LogP contribution is 2.15. The van der Waals surface area contributed by atoms with E-state index in [-0.39, 0.29) is 31.0 Å². The first-order valence-electron chi connectivity index (χ1n) is 7.65. The van der Waals surface area contributed by atoms with E-state index in [0.717, 1.165) is 13.1 Å². The van der Waals surface area contributed by atoms with Crippen molar-refractivity contribution in [3.05, 3.63) is 0 Å². The molecular formula is C13H25N7O2. The lowest BCUT2D eigenvalue weighted by Gasteiger charge is -2.42. The number of anilines is 1. The number of hydrogen-bond donors (Lipinski definition) is 2. The van der Waals surface area contributed by atoms with Gasteiger partial charge in [0.15, 0.2) is 0 Å². The van der Waals surface area contributed by atoms with Crippen molar-refractivity contribution < 1.29 is 9.90 Å². The van der Waals surface area contributed by atoms with Crippen LogP contribution in [0.4, 0.5) is 5.95 Å². The molecule has 0 aliphatic carbocycles. The van der Waals surface area contributed by atoms with E-state index >= 15 is 0 Å². The largest absolute Gasteiger partial charge is 0.396 e. The van der Waals surface area contributed by atoms with E-state index in [4.69, 9.17) is 5.73 Å². The number of aromatic nitrogens is 4. The fourth-order valence-corrected chi connectivity index (χ4v) is 2.80. The van der Waals surface area contributed by atoms with Gasteiger partial charge in [0.05, 0.1) is 0 Å². The predicted molar refractivity (Wildman–Crippen MR) is 80.7 cm³/mol. The molecule has 1 aliphatic rings. The Morgan fingerprint density at radius 1 is 1.45 bits per heavy atom. The zero-order chi connectivity index (χ0) is 16.1. The lowest BCUT2D eigenvalue weighted by Crippen LogP contribution is -2.56. The van der Waals surface area contributed by atoms with Gasteiger partial charge in [0.1, 0.15) is 6.54 Å². The van der Waals surface area contributed by atoms with E-state index in [1.165, 1.54) is 4.68 Å². The number of aliphatic hydroxyl groups excluding tert-OH is 1. The van der Waals surface area contributed by atoms with Crippen LogP contribution in [0.5, 0.6) is 0 Å². The van der Waals surface area contributed by atoms with Gasteiger partial charge in [0.2, 0.25) is 11.9 Å². The number of nitrogen functional groups attached to an aromatic ring is 1. The van der Waals surface area contributed by atoms with Gasteiger partial charge in [-0.25, -0.2) is 4.68 Å². The number of carbonyl (C=O) groups excluding carboxylic acids is 1. The van der Waals surface area contributed by atoms with Gasteiger partial charge in [-0.2, -0.15) is 0 Å². The third-order valence-corrected chi connectivity index (χ3v) is 3.86. The first kappa shape index (κ1) is 16.6. The number of nitrogens with zero attached hydrogens (tertiary/aromatic N) is 6. The molecule has 9 nitrogen and oxygen atoms in total. The molecule has 0 unspecified atom stereocenters. The van der Waals surface area contributed by atoms with E-state index in [1.807, 2.05) is 0 Å². The van der Waals surface area contributed by atoms with Crippen LogP contribution in [0.15, 0.2) is 0 Å². The molecule has 0 radical (unpaired) electrons. The molecule has 22 heavy (non-hydrogen) atoms. The first-order valence-corrected chi connectivity index (χ1v) is 7.65. The first-order chi connectivity index (χ1) is 10.5. The molecule has 1 aromatic heterocycles. The molecule has 9 heteroatoms. The van der Waals surface area contributed by atoms with Crippen LogP contribution in [0.25, 0.3) is 0 Å². The third kappa shape index (κ3) is 4.14. The van der Waals surface area contributed by atoms with Crippen molar-refractivity contribution in [1.82, 2.24) is 30.0 Å². The summed E-state index contributed by atoms with van der Waals surface area (Å²) in [6.45, 7) is 7.62. The molecular weight excluding hydrogens is 286 g/mol. The SMILES string of the molecule is CC(C)CN1CCN(C(=O)Cn2nnnc2N)C[C@H]1CCO. The number of carbonyl (C=O) groups is 1. The Balaban J connectivity index is 1.95. The van der Waals surface area contributed by atoms with E-state index in [2.05, 4.69) is 34.3 Å². The van der Waals surface area contributed by atoms with Crippen molar-refractivity contribution >= 4 is 11.9 Å². The molecule has 1 fully saturated rings. The smallest absolute Gasteiger partial charge is 0.244 e. The van der Waals surface area contributed by atoms with Gasteiger partial charge in [0.25, 0.3) is 0 Å². The summed E-state index contributed by atoms with van der Waals surface area (Å²) in [6.07, 6.45) is 0.670. The quantitative estimate of drug-likeness (QED) is 0.679. The summed E-state index contributed by atoms with van der Waals surface area (Å²) in [5, 5.41) is 20.0. The standard InChI is InChI=1S/C13H25N7O2/c1-10(2)7-18-4-5-19(8-11(18)3-6-21)12(22)9-20-13(14)15-16-17-20/h10-11,21H,3-9H2,1-2H3,(H2,14,15,17)/t11-/m1/s1. The maximum Gasteiger partial charge on any atom is 0.244 e.